The first kappa shape index (κ1) is 16.2. The molecule has 1 rings (SSSR count). The third kappa shape index (κ3) is 3.17. The maximum Gasteiger partial charge on any atom is 0.318 e. The highest BCUT2D eigenvalue weighted by Crippen LogP contribution is 2.18. The van der Waals surface area contributed by atoms with Crippen molar-refractivity contribution in [1.82, 2.24) is 13.8 Å². The van der Waals surface area contributed by atoms with Crippen molar-refractivity contribution >= 4 is 21.9 Å². The van der Waals surface area contributed by atoms with Crippen LogP contribution in [0, 0.1) is 0 Å². The molecule has 9 heteroatoms. The Balaban J connectivity index is 3.19. The lowest BCUT2D eigenvalue weighted by atomic mass is 10.4. The zero-order chi connectivity index (χ0) is 15.7. The number of amides is 1. The molecule has 0 aliphatic carbocycles. The number of aromatic nitrogens is 1. The summed E-state index contributed by atoms with van der Waals surface area (Å²) in [4.78, 5) is 23.7. The average Bonchev–Trinajstić information content (AvgIpc) is 2.69. The lowest BCUT2D eigenvalue weighted by molar-refractivity contribution is -0.137. The molecule has 0 unspecified atom stereocenters. The van der Waals surface area contributed by atoms with Crippen LogP contribution in [0.4, 0.5) is 0 Å². The van der Waals surface area contributed by atoms with Gasteiger partial charge in [0.1, 0.15) is 17.1 Å². The van der Waals surface area contributed by atoms with E-state index in [0.717, 1.165) is 0 Å². The van der Waals surface area contributed by atoms with Gasteiger partial charge in [-0.1, -0.05) is 0 Å². The van der Waals surface area contributed by atoms with Crippen molar-refractivity contribution in [3.8, 4) is 0 Å². The molecule has 0 atom stereocenters. The summed E-state index contributed by atoms with van der Waals surface area (Å²) in [5, 5.41) is 8.64. The molecule has 0 bridgehead atoms. The number of aliphatic carboxylic acids is 1. The van der Waals surface area contributed by atoms with E-state index in [1.807, 2.05) is 0 Å². The molecule has 20 heavy (non-hydrogen) atoms. The topological polar surface area (TPSA) is 99.9 Å². The Morgan fingerprint density at radius 3 is 2.30 bits per heavy atom. The van der Waals surface area contributed by atoms with Gasteiger partial charge < -0.3 is 14.6 Å². The molecule has 0 aromatic carbocycles. The molecular weight excluding hydrogens is 286 g/mol. The van der Waals surface area contributed by atoms with E-state index in [2.05, 4.69) is 0 Å². The highest BCUT2D eigenvalue weighted by Gasteiger charge is 2.26. The number of nitrogens with zero attached hydrogens (tertiary/aromatic N) is 3. The van der Waals surface area contributed by atoms with Gasteiger partial charge in [-0.3, -0.25) is 9.59 Å². The fourth-order valence-electron chi connectivity index (χ4n) is 1.57. The second-order valence-electron chi connectivity index (χ2n) is 4.53. The van der Waals surface area contributed by atoms with E-state index in [1.165, 1.54) is 28.8 Å². The van der Waals surface area contributed by atoms with Gasteiger partial charge in [0.25, 0.3) is 5.91 Å². The van der Waals surface area contributed by atoms with Gasteiger partial charge in [-0.15, -0.1) is 0 Å². The molecule has 0 saturated carbocycles. The van der Waals surface area contributed by atoms with E-state index >= 15 is 0 Å². The minimum absolute atomic E-state index is 0.117. The standard InChI is InChI=1S/C11H17N3O5S/c1-12(2)11(17)9-5-8(6-13(9)3)20(18,19)14(4)7-10(15)16/h5-6H,7H2,1-4H3,(H,15,16). The van der Waals surface area contributed by atoms with Crippen LogP contribution in [0.3, 0.4) is 0 Å². The molecule has 0 spiro atoms. The van der Waals surface area contributed by atoms with Gasteiger partial charge in [-0.25, -0.2) is 8.42 Å². The van der Waals surface area contributed by atoms with E-state index in [0.29, 0.717) is 4.31 Å². The lowest BCUT2D eigenvalue weighted by Gasteiger charge is -2.13. The third-order valence-corrected chi connectivity index (χ3v) is 4.44. The molecule has 8 nitrogen and oxygen atoms in total. The van der Waals surface area contributed by atoms with E-state index < -0.39 is 22.5 Å². The summed E-state index contributed by atoms with van der Waals surface area (Å²) in [5.41, 5.74) is 0.206. The second kappa shape index (κ2) is 5.63. The highest BCUT2D eigenvalue weighted by atomic mass is 32.2. The summed E-state index contributed by atoms with van der Waals surface area (Å²) >= 11 is 0. The van der Waals surface area contributed by atoms with Crippen LogP contribution in [0.2, 0.25) is 0 Å². The lowest BCUT2D eigenvalue weighted by Crippen LogP contribution is -2.31. The zero-order valence-corrected chi connectivity index (χ0v) is 12.5. The quantitative estimate of drug-likeness (QED) is 0.785. The third-order valence-electron chi connectivity index (χ3n) is 2.67. The maximum absolute atomic E-state index is 12.2. The molecule has 112 valence electrons. The fraction of sp³-hybridized carbons (Fsp3) is 0.455. The number of hydrogen-bond acceptors (Lipinski definition) is 4. The van der Waals surface area contributed by atoms with E-state index in [4.69, 9.17) is 5.11 Å². The number of aryl methyl sites for hydroxylation is 1. The van der Waals surface area contributed by atoms with E-state index in [1.54, 1.807) is 21.1 Å². The molecule has 1 amide bonds. The van der Waals surface area contributed by atoms with Crippen LogP contribution in [0.15, 0.2) is 17.2 Å². The monoisotopic (exact) mass is 303 g/mol. The SMILES string of the molecule is CN(C)C(=O)c1cc(S(=O)(=O)N(C)CC(=O)O)cn1C. The van der Waals surface area contributed by atoms with Crippen molar-refractivity contribution in [2.24, 2.45) is 7.05 Å². The smallest absolute Gasteiger partial charge is 0.318 e. The van der Waals surface area contributed by atoms with Gasteiger partial charge in [-0.05, 0) is 6.07 Å². The van der Waals surface area contributed by atoms with Crippen molar-refractivity contribution < 1.29 is 23.1 Å². The second-order valence-corrected chi connectivity index (χ2v) is 6.57. The van der Waals surface area contributed by atoms with Crippen molar-refractivity contribution in [3.63, 3.8) is 0 Å². The molecule has 0 aliphatic heterocycles. The molecule has 0 fully saturated rings. The van der Waals surface area contributed by atoms with Crippen molar-refractivity contribution in [3.05, 3.63) is 18.0 Å². The van der Waals surface area contributed by atoms with E-state index in [9.17, 15) is 18.0 Å². The number of likely N-dealkylation sites (N-methyl/N-ethyl adjacent to an activating group) is 1. The Bertz CT molecular complexity index is 632. The van der Waals surface area contributed by atoms with Crippen LogP contribution >= 0.6 is 0 Å². The molecule has 0 radical (unpaired) electrons. The van der Waals surface area contributed by atoms with Gasteiger partial charge in [0.15, 0.2) is 0 Å². The Morgan fingerprint density at radius 1 is 1.30 bits per heavy atom. The minimum Gasteiger partial charge on any atom is -0.480 e. The summed E-state index contributed by atoms with van der Waals surface area (Å²) < 4.78 is 26.4. The van der Waals surface area contributed by atoms with Crippen LogP contribution in [-0.4, -0.2) is 66.9 Å². The first-order valence-corrected chi connectivity index (χ1v) is 7.07. The largest absolute Gasteiger partial charge is 0.480 e. The Kier molecular flexibility index (Phi) is 4.56. The summed E-state index contributed by atoms with van der Waals surface area (Å²) in [7, 11) is 1.90. The van der Waals surface area contributed by atoms with Crippen LogP contribution in [0.5, 0.6) is 0 Å². The molecule has 1 heterocycles. The van der Waals surface area contributed by atoms with Gasteiger partial charge in [0.05, 0.1) is 0 Å². The Labute approximate surface area is 117 Å². The number of sulfonamides is 1. The first-order chi connectivity index (χ1) is 9.07. The van der Waals surface area contributed by atoms with Gasteiger partial charge in [-0.2, -0.15) is 4.31 Å². The summed E-state index contributed by atoms with van der Waals surface area (Å²) in [5.74, 6) is -1.59. The Hall–Kier alpha value is -1.87. The average molecular weight is 303 g/mol. The van der Waals surface area contributed by atoms with Gasteiger partial charge in [0.2, 0.25) is 10.0 Å². The maximum atomic E-state index is 12.2. The number of hydrogen-bond donors (Lipinski definition) is 1. The predicted molar refractivity (Wildman–Crippen MR) is 70.9 cm³/mol. The predicted octanol–water partition coefficient (Wildman–Crippen LogP) is -0.568. The normalized spacial score (nSPS) is 11.7. The number of carboxylic acid groups (broad SMARTS) is 1. The molecule has 0 saturated heterocycles. The van der Waals surface area contributed by atoms with Crippen LogP contribution in [0.1, 0.15) is 10.5 Å². The van der Waals surface area contributed by atoms with Crippen LogP contribution in [-0.2, 0) is 21.9 Å². The molecule has 1 aromatic heterocycles. The number of rotatable bonds is 5. The summed E-state index contributed by atoms with van der Waals surface area (Å²) in [6.07, 6.45) is 1.28. The summed E-state index contributed by atoms with van der Waals surface area (Å²) in [6.45, 7) is -0.645. The number of carboxylic acids is 1. The van der Waals surface area contributed by atoms with Crippen molar-refractivity contribution in [2.75, 3.05) is 27.7 Å². The zero-order valence-electron chi connectivity index (χ0n) is 11.7. The fourth-order valence-corrected chi connectivity index (χ4v) is 2.76. The highest BCUT2D eigenvalue weighted by molar-refractivity contribution is 7.89. The molecule has 1 aromatic rings. The van der Waals surface area contributed by atoms with Gasteiger partial charge in [0, 0.05) is 34.4 Å². The first-order valence-electron chi connectivity index (χ1n) is 5.63. The Morgan fingerprint density at radius 2 is 1.85 bits per heavy atom. The van der Waals surface area contributed by atoms with Crippen molar-refractivity contribution in [1.29, 1.82) is 0 Å². The molecule has 0 aliphatic rings. The molecule has 1 N–H and O–H groups in total. The van der Waals surface area contributed by atoms with E-state index in [-0.39, 0.29) is 16.5 Å². The van der Waals surface area contributed by atoms with Gasteiger partial charge >= 0.3 is 5.97 Å². The minimum atomic E-state index is -3.93. The molecular formula is C11H17N3O5S. The van der Waals surface area contributed by atoms with Crippen LogP contribution < -0.4 is 0 Å². The number of carbonyl (C=O) groups excluding carboxylic acids is 1. The number of carbonyl (C=O) groups is 2. The van der Waals surface area contributed by atoms with Crippen molar-refractivity contribution in [2.45, 2.75) is 4.90 Å². The summed E-state index contributed by atoms with van der Waals surface area (Å²) in [6, 6.07) is 1.23. The van der Waals surface area contributed by atoms with Crippen LogP contribution in [0.25, 0.3) is 0 Å².